The third kappa shape index (κ3) is 6.69. The molecule has 4 rings (SSSR count). The maximum atomic E-state index is 14.6. The zero-order valence-corrected chi connectivity index (χ0v) is 20.7. The third-order valence-electron chi connectivity index (χ3n) is 6.22. The molecule has 188 valence electrons. The van der Waals surface area contributed by atoms with Gasteiger partial charge in [-0.25, -0.2) is 9.07 Å². The van der Waals surface area contributed by atoms with Crippen LogP contribution in [0.25, 0.3) is 5.69 Å². The first-order valence-corrected chi connectivity index (χ1v) is 12.7. The van der Waals surface area contributed by atoms with E-state index in [1.807, 2.05) is 30.3 Å². The normalized spacial score (nSPS) is 14.4. The Labute approximate surface area is 207 Å². The highest BCUT2D eigenvalue weighted by molar-refractivity contribution is 5.44. The van der Waals surface area contributed by atoms with Crippen molar-refractivity contribution in [3.05, 3.63) is 71.7 Å². The Hall–Kier alpha value is -2.74. The minimum absolute atomic E-state index is 0.163. The monoisotopic (exact) mass is 481 g/mol. The number of unbranched alkanes of at least 4 members (excludes halogenated alkanes) is 1. The molecule has 1 N–H and O–H groups in total. The maximum absolute atomic E-state index is 14.6. The van der Waals surface area contributed by atoms with E-state index in [4.69, 9.17) is 14.6 Å². The summed E-state index contributed by atoms with van der Waals surface area (Å²) in [5.41, 5.74) is 2.67. The number of aryl methyl sites for hydroxylation is 1. The Kier molecular flexibility index (Phi) is 8.90. The standard InChI is InChI=1S/C28H36FN3O3/c1-3-5-17-34-20-23(33)18-31(21-15-16-21)19-24-26(4-2)30-32(22-11-7-6-8-12-22)28(24)35-27-14-10-9-13-25(27)29/h6-14,21,23,33H,3-5,15-20H2,1-2H3/t23-/m1/s1. The number of hydrogen-bond donors (Lipinski definition) is 1. The number of para-hydroxylation sites is 2. The van der Waals surface area contributed by atoms with Crippen LogP contribution in [0.2, 0.25) is 0 Å². The highest BCUT2D eigenvalue weighted by Crippen LogP contribution is 2.36. The molecule has 1 aromatic heterocycles. The van der Waals surface area contributed by atoms with Gasteiger partial charge in [-0.15, -0.1) is 0 Å². The lowest BCUT2D eigenvalue weighted by Gasteiger charge is -2.25. The summed E-state index contributed by atoms with van der Waals surface area (Å²) in [5, 5.41) is 15.5. The lowest BCUT2D eigenvalue weighted by molar-refractivity contribution is 0.0126. The quantitative estimate of drug-likeness (QED) is 0.308. The van der Waals surface area contributed by atoms with E-state index in [1.54, 1.807) is 22.9 Å². The fraction of sp³-hybridized carbons (Fsp3) is 0.464. The number of rotatable bonds is 14. The number of halogens is 1. The van der Waals surface area contributed by atoms with E-state index in [0.717, 1.165) is 42.6 Å². The Morgan fingerprint density at radius 3 is 2.54 bits per heavy atom. The second kappa shape index (κ2) is 12.3. The molecule has 0 aliphatic heterocycles. The van der Waals surface area contributed by atoms with Crippen LogP contribution in [0.15, 0.2) is 54.6 Å². The van der Waals surface area contributed by atoms with Crippen molar-refractivity contribution in [1.82, 2.24) is 14.7 Å². The SMILES string of the molecule is CCCCOC[C@H](O)CN(Cc1c(CC)nn(-c2ccccc2)c1Oc1ccccc1F)C1CC1. The zero-order valence-electron chi connectivity index (χ0n) is 20.7. The van der Waals surface area contributed by atoms with Gasteiger partial charge in [-0.3, -0.25) is 4.90 Å². The van der Waals surface area contributed by atoms with Gasteiger partial charge in [0.25, 0.3) is 0 Å². The van der Waals surface area contributed by atoms with Crippen molar-refractivity contribution in [3.8, 4) is 17.3 Å². The van der Waals surface area contributed by atoms with Crippen LogP contribution in [0.5, 0.6) is 11.6 Å². The highest BCUT2D eigenvalue weighted by Gasteiger charge is 2.33. The topological polar surface area (TPSA) is 59.8 Å². The number of aliphatic hydroxyl groups excluding tert-OH is 1. The second-order valence-corrected chi connectivity index (χ2v) is 9.11. The van der Waals surface area contributed by atoms with E-state index < -0.39 is 11.9 Å². The van der Waals surface area contributed by atoms with Gasteiger partial charge in [0.15, 0.2) is 11.6 Å². The van der Waals surface area contributed by atoms with Gasteiger partial charge in [0.05, 0.1) is 29.7 Å². The van der Waals surface area contributed by atoms with Crippen molar-refractivity contribution in [2.75, 3.05) is 19.8 Å². The summed E-state index contributed by atoms with van der Waals surface area (Å²) in [6.45, 7) is 6.25. The van der Waals surface area contributed by atoms with Crippen LogP contribution in [-0.4, -0.2) is 51.7 Å². The van der Waals surface area contributed by atoms with Crippen molar-refractivity contribution >= 4 is 0 Å². The molecule has 6 nitrogen and oxygen atoms in total. The van der Waals surface area contributed by atoms with Crippen LogP contribution in [-0.2, 0) is 17.7 Å². The van der Waals surface area contributed by atoms with Gasteiger partial charge in [-0.1, -0.05) is 50.6 Å². The number of benzene rings is 2. The fourth-order valence-electron chi connectivity index (χ4n) is 4.18. The van der Waals surface area contributed by atoms with Crippen LogP contribution >= 0.6 is 0 Å². The van der Waals surface area contributed by atoms with Crippen LogP contribution < -0.4 is 4.74 Å². The van der Waals surface area contributed by atoms with Crippen molar-refractivity contribution < 1.29 is 19.0 Å². The lowest BCUT2D eigenvalue weighted by Crippen LogP contribution is -2.36. The summed E-state index contributed by atoms with van der Waals surface area (Å²) in [6.07, 6.45) is 4.40. The summed E-state index contributed by atoms with van der Waals surface area (Å²) in [5.74, 6) is 0.254. The molecule has 7 heteroatoms. The molecule has 1 aliphatic rings. The third-order valence-corrected chi connectivity index (χ3v) is 6.22. The van der Waals surface area contributed by atoms with Crippen LogP contribution in [0.1, 0.15) is 50.8 Å². The molecule has 0 bridgehead atoms. The predicted octanol–water partition coefficient (Wildman–Crippen LogP) is 5.51. The Bertz CT molecular complexity index is 1070. The van der Waals surface area contributed by atoms with Crippen LogP contribution in [0.4, 0.5) is 4.39 Å². The van der Waals surface area contributed by atoms with Gasteiger partial charge < -0.3 is 14.6 Å². The van der Waals surface area contributed by atoms with E-state index in [0.29, 0.717) is 44.6 Å². The molecule has 3 aromatic rings. The molecule has 0 radical (unpaired) electrons. The number of nitrogens with zero attached hydrogens (tertiary/aromatic N) is 3. The van der Waals surface area contributed by atoms with Crippen LogP contribution in [0.3, 0.4) is 0 Å². The van der Waals surface area contributed by atoms with Gasteiger partial charge in [-0.05, 0) is 49.9 Å². The molecule has 1 fully saturated rings. The van der Waals surface area contributed by atoms with Crippen LogP contribution in [0, 0.1) is 5.82 Å². The zero-order chi connectivity index (χ0) is 24.6. The van der Waals surface area contributed by atoms with E-state index >= 15 is 0 Å². The van der Waals surface area contributed by atoms with Gasteiger partial charge in [0.2, 0.25) is 5.88 Å². The van der Waals surface area contributed by atoms with E-state index in [9.17, 15) is 9.50 Å². The Morgan fingerprint density at radius 2 is 1.86 bits per heavy atom. The van der Waals surface area contributed by atoms with E-state index in [-0.39, 0.29) is 5.75 Å². The molecule has 0 amide bonds. The lowest BCUT2D eigenvalue weighted by atomic mass is 10.1. The second-order valence-electron chi connectivity index (χ2n) is 9.11. The minimum Gasteiger partial charge on any atom is -0.435 e. The number of aromatic nitrogens is 2. The molecule has 1 aliphatic carbocycles. The summed E-state index contributed by atoms with van der Waals surface area (Å²) >= 11 is 0. The predicted molar refractivity (Wildman–Crippen MR) is 135 cm³/mol. The average molecular weight is 482 g/mol. The first kappa shape index (κ1) is 25.4. The summed E-state index contributed by atoms with van der Waals surface area (Å²) in [7, 11) is 0. The molecule has 1 saturated carbocycles. The summed E-state index contributed by atoms with van der Waals surface area (Å²) < 4.78 is 28.2. The minimum atomic E-state index is -0.572. The Balaban J connectivity index is 1.63. The van der Waals surface area contributed by atoms with E-state index in [2.05, 4.69) is 18.7 Å². The molecular formula is C28H36FN3O3. The Morgan fingerprint density at radius 1 is 1.11 bits per heavy atom. The molecule has 35 heavy (non-hydrogen) atoms. The number of aliphatic hydroxyl groups is 1. The highest BCUT2D eigenvalue weighted by atomic mass is 19.1. The molecular weight excluding hydrogens is 445 g/mol. The fourth-order valence-corrected chi connectivity index (χ4v) is 4.18. The van der Waals surface area contributed by atoms with Crippen molar-refractivity contribution in [2.24, 2.45) is 0 Å². The van der Waals surface area contributed by atoms with Gasteiger partial charge in [0, 0.05) is 25.7 Å². The maximum Gasteiger partial charge on any atom is 0.227 e. The van der Waals surface area contributed by atoms with Crippen molar-refractivity contribution in [3.63, 3.8) is 0 Å². The summed E-state index contributed by atoms with van der Waals surface area (Å²) in [6, 6.07) is 16.6. The van der Waals surface area contributed by atoms with Gasteiger partial charge >= 0.3 is 0 Å². The van der Waals surface area contributed by atoms with Gasteiger partial charge in [-0.2, -0.15) is 5.10 Å². The summed E-state index contributed by atoms with van der Waals surface area (Å²) in [4.78, 5) is 2.29. The molecule has 0 saturated heterocycles. The molecule has 1 atom stereocenters. The molecule has 1 heterocycles. The van der Waals surface area contributed by atoms with Crippen molar-refractivity contribution in [1.29, 1.82) is 0 Å². The first-order chi connectivity index (χ1) is 17.1. The molecule has 0 spiro atoms. The van der Waals surface area contributed by atoms with Crippen molar-refractivity contribution in [2.45, 2.75) is 64.6 Å². The number of hydrogen-bond acceptors (Lipinski definition) is 5. The molecule has 0 unspecified atom stereocenters. The first-order valence-electron chi connectivity index (χ1n) is 12.7. The smallest absolute Gasteiger partial charge is 0.227 e. The molecule has 2 aromatic carbocycles. The average Bonchev–Trinajstić information content (AvgIpc) is 3.67. The number of ether oxygens (including phenoxy) is 2. The largest absolute Gasteiger partial charge is 0.435 e. The van der Waals surface area contributed by atoms with E-state index in [1.165, 1.54) is 6.07 Å². The van der Waals surface area contributed by atoms with Gasteiger partial charge in [0.1, 0.15) is 0 Å².